The number of carbonyl (C=O) groups excluding carboxylic acids is 1. The quantitative estimate of drug-likeness (QED) is 0.805. The van der Waals surface area contributed by atoms with Gasteiger partial charge in [0.2, 0.25) is 0 Å². The second-order valence-electron chi connectivity index (χ2n) is 5.30. The number of phenolic OH excluding ortho intramolecular Hbond substituents is 1. The predicted octanol–water partition coefficient (Wildman–Crippen LogP) is 2.91. The molecule has 1 amide bonds. The lowest BCUT2D eigenvalue weighted by Crippen LogP contribution is -2.47. The van der Waals surface area contributed by atoms with Crippen LogP contribution in [0.15, 0.2) is 18.2 Å². The van der Waals surface area contributed by atoms with E-state index in [-0.39, 0.29) is 28.8 Å². The number of phenols is 1. The molecule has 1 aromatic rings. The molecule has 2 atom stereocenters. The van der Waals surface area contributed by atoms with Gasteiger partial charge < -0.3 is 10.0 Å². The van der Waals surface area contributed by atoms with Crippen molar-refractivity contribution < 1.29 is 14.3 Å². The summed E-state index contributed by atoms with van der Waals surface area (Å²) in [4.78, 5) is 14.2. The van der Waals surface area contributed by atoms with Gasteiger partial charge in [0, 0.05) is 17.5 Å². The summed E-state index contributed by atoms with van der Waals surface area (Å²) in [6.45, 7) is 0. The van der Waals surface area contributed by atoms with Crippen LogP contribution in [0.25, 0.3) is 0 Å². The summed E-state index contributed by atoms with van der Waals surface area (Å²) in [5, 5.41) is 9.82. The summed E-state index contributed by atoms with van der Waals surface area (Å²) < 4.78 is 13.8. The molecule has 0 spiro atoms. The van der Waals surface area contributed by atoms with Crippen molar-refractivity contribution in [2.24, 2.45) is 0 Å². The lowest BCUT2D eigenvalue weighted by molar-refractivity contribution is 0.0591. The zero-order chi connectivity index (χ0) is 13.6. The van der Waals surface area contributed by atoms with Gasteiger partial charge in [0.05, 0.1) is 0 Å². The maximum atomic E-state index is 13.8. The third-order valence-corrected chi connectivity index (χ3v) is 4.47. The van der Waals surface area contributed by atoms with E-state index in [1.807, 2.05) is 0 Å². The van der Waals surface area contributed by atoms with Crippen LogP contribution in [-0.4, -0.2) is 33.4 Å². The van der Waals surface area contributed by atoms with Crippen molar-refractivity contribution in [2.75, 3.05) is 0 Å². The van der Waals surface area contributed by atoms with Crippen molar-refractivity contribution in [3.8, 4) is 5.75 Å². The monoisotopic (exact) mass is 283 g/mol. The minimum atomic E-state index is -0.669. The molecule has 19 heavy (non-hydrogen) atoms. The molecule has 1 aromatic carbocycles. The van der Waals surface area contributed by atoms with Crippen molar-refractivity contribution in [3.63, 3.8) is 0 Å². The summed E-state index contributed by atoms with van der Waals surface area (Å²) in [7, 11) is 0. The second kappa shape index (κ2) is 4.67. The Labute approximate surface area is 116 Å². The van der Waals surface area contributed by atoms with Crippen LogP contribution < -0.4 is 0 Å². The van der Waals surface area contributed by atoms with Crippen LogP contribution in [0.4, 0.5) is 4.39 Å². The molecule has 0 saturated carbocycles. The minimum Gasteiger partial charge on any atom is -0.507 e. The Morgan fingerprint density at radius 1 is 1.32 bits per heavy atom. The molecule has 3 nitrogen and oxygen atoms in total. The first-order chi connectivity index (χ1) is 9.08. The molecule has 2 unspecified atom stereocenters. The van der Waals surface area contributed by atoms with Gasteiger partial charge in [0.1, 0.15) is 17.1 Å². The maximum absolute atomic E-state index is 13.8. The number of hydrogen-bond donors (Lipinski definition) is 1. The highest BCUT2D eigenvalue weighted by atomic mass is 35.5. The molecule has 0 aromatic heterocycles. The van der Waals surface area contributed by atoms with E-state index in [1.165, 1.54) is 18.2 Å². The number of benzene rings is 1. The molecule has 102 valence electrons. The Hall–Kier alpha value is -1.29. The summed E-state index contributed by atoms with van der Waals surface area (Å²) in [5.41, 5.74) is -0.215. The Morgan fingerprint density at radius 2 is 1.95 bits per heavy atom. The molecule has 2 fully saturated rings. The Bertz CT molecular complexity index is 488. The van der Waals surface area contributed by atoms with Crippen LogP contribution in [0.2, 0.25) is 0 Å². The van der Waals surface area contributed by atoms with E-state index >= 15 is 0 Å². The zero-order valence-electron chi connectivity index (χ0n) is 10.4. The van der Waals surface area contributed by atoms with Crippen molar-refractivity contribution in [1.82, 2.24) is 4.90 Å². The molecule has 5 heteroatoms. The first-order valence-corrected chi connectivity index (χ1v) is 6.95. The molecule has 0 radical (unpaired) electrons. The highest BCUT2D eigenvalue weighted by molar-refractivity contribution is 6.20. The average Bonchev–Trinajstić information content (AvgIpc) is 2.61. The van der Waals surface area contributed by atoms with Crippen LogP contribution in [0, 0.1) is 5.82 Å². The fourth-order valence-corrected chi connectivity index (χ4v) is 3.71. The number of halogens is 2. The lowest BCUT2D eigenvalue weighted by Gasteiger charge is -2.37. The fraction of sp³-hybridized carbons (Fsp3) is 0.500. The second-order valence-corrected chi connectivity index (χ2v) is 5.92. The molecule has 3 rings (SSSR count). The SMILES string of the molecule is O=C(c1c(O)cccc1F)N1C2CCC1CC(Cl)C2. The topological polar surface area (TPSA) is 40.5 Å². The van der Waals surface area contributed by atoms with Crippen molar-refractivity contribution in [3.05, 3.63) is 29.6 Å². The van der Waals surface area contributed by atoms with Gasteiger partial charge in [-0.3, -0.25) is 4.79 Å². The average molecular weight is 284 g/mol. The summed E-state index contributed by atoms with van der Waals surface area (Å²) in [6.07, 6.45) is 3.32. The van der Waals surface area contributed by atoms with Crippen LogP contribution in [0.1, 0.15) is 36.0 Å². The fourth-order valence-electron chi connectivity index (χ4n) is 3.30. The van der Waals surface area contributed by atoms with Crippen molar-refractivity contribution in [1.29, 1.82) is 0 Å². The van der Waals surface area contributed by atoms with E-state index in [4.69, 9.17) is 11.6 Å². The summed E-state index contributed by atoms with van der Waals surface area (Å²) in [5.74, 6) is -1.37. The Balaban J connectivity index is 1.93. The number of hydrogen-bond acceptors (Lipinski definition) is 2. The van der Waals surface area contributed by atoms with Crippen LogP contribution in [0.3, 0.4) is 0 Å². The van der Waals surface area contributed by atoms with Crippen LogP contribution in [-0.2, 0) is 0 Å². The summed E-state index contributed by atoms with van der Waals surface area (Å²) in [6, 6.07) is 4.08. The highest BCUT2D eigenvalue weighted by Gasteiger charge is 2.43. The van der Waals surface area contributed by atoms with Crippen molar-refractivity contribution in [2.45, 2.75) is 43.1 Å². The number of alkyl halides is 1. The minimum absolute atomic E-state index is 0.0766. The largest absolute Gasteiger partial charge is 0.507 e. The van der Waals surface area contributed by atoms with Gasteiger partial charge in [0.25, 0.3) is 5.91 Å². The van der Waals surface area contributed by atoms with E-state index in [9.17, 15) is 14.3 Å². The summed E-state index contributed by atoms with van der Waals surface area (Å²) >= 11 is 6.16. The van der Waals surface area contributed by atoms with Crippen LogP contribution >= 0.6 is 11.6 Å². The Morgan fingerprint density at radius 3 is 2.53 bits per heavy atom. The van der Waals surface area contributed by atoms with Gasteiger partial charge >= 0.3 is 0 Å². The predicted molar refractivity (Wildman–Crippen MR) is 69.9 cm³/mol. The highest BCUT2D eigenvalue weighted by Crippen LogP contribution is 2.39. The van der Waals surface area contributed by atoms with Crippen molar-refractivity contribution >= 4 is 17.5 Å². The number of amides is 1. The normalized spacial score (nSPS) is 29.6. The number of piperidine rings is 1. The molecule has 2 heterocycles. The molecule has 0 aliphatic carbocycles. The van der Waals surface area contributed by atoms with Gasteiger partial charge in [-0.2, -0.15) is 0 Å². The van der Waals surface area contributed by atoms with E-state index in [2.05, 4.69) is 0 Å². The van der Waals surface area contributed by atoms with E-state index in [0.717, 1.165) is 25.7 Å². The number of rotatable bonds is 1. The lowest BCUT2D eigenvalue weighted by atomic mass is 10.0. The third kappa shape index (κ3) is 2.08. The molecule has 2 saturated heterocycles. The smallest absolute Gasteiger partial charge is 0.261 e. The standard InChI is InChI=1S/C14H15ClFNO2/c15-8-6-9-4-5-10(7-8)17(9)14(19)13-11(16)2-1-3-12(13)18/h1-3,8-10,18H,4-7H2. The molecular weight excluding hydrogens is 269 g/mol. The van der Waals surface area contributed by atoms with Crippen LogP contribution in [0.5, 0.6) is 5.75 Å². The number of fused-ring (bicyclic) bond motifs is 2. The maximum Gasteiger partial charge on any atom is 0.261 e. The zero-order valence-corrected chi connectivity index (χ0v) is 11.1. The molecule has 2 aliphatic rings. The number of nitrogens with zero attached hydrogens (tertiary/aromatic N) is 1. The van der Waals surface area contributed by atoms with Gasteiger partial charge in [-0.1, -0.05) is 6.07 Å². The van der Waals surface area contributed by atoms with Gasteiger partial charge in [-0.15, -0.1) is 11.6 Å². The van der Waals surface area contributed by atoms with Gasteiger partial charge in [0.15, 0.2) is 0 Å². The molecular formula is C14H15ClFNO2. The molecule has 1 N–H and O–H groups in total. The first kappa shape index (κ1) is 12.7. The molecule has 2 aliphatic heterocycles. The first-order valence-electron chi connectivity index (χ1n) is 6.52. The number of aromatic hydroxyl groups is 1. The molecule has 2 bridgehead atoms. The van der Waals surface area contributed by atoms with E-state index in [0.29, 0.717) is 0 Å². The van der Waals surface area contributed by atoms with Gasteiger partial charge in [-0.25, -0.2) is 4.39 Å². The van der Waals surface area contributed by atoms with E-state index < -0.39 is 11.7 Å². The van der Waals surface area contributed by atoms with Gasteiger partial charge in [-0.05, 0) is 37.8 Å². The third-order valence-electron chi connectivity index (χ3n) is 4.12. The Kier molecular flexibility index (Phi) is 3.13. The number of carbonyl (C=O) groups is 1. The van der Waals surface area contributed by atoms with E-state index in [1.54, 1.807) is 4.90 Å².